The monoisotopic (exact) mass is 312 g/mol. The number of nitrogens with one attached hydrogen (secondary N) is 1. The normalized spacial score (nSPS) is 30.9. The van der Waals surface area contributed by atoms with Gasteiger partial charge in [-0.3, -0.25) is 4.90 Å². The molecule has 4 nitrogen and oxygen atoms in total. The van der Waals surface area contributed by atoms with Crippen molar-refractivity contribution >= 4 is 12.4 Å². The predicted octanol–water partition coefficient (Wildman–Crippen LogP) is 2.61. The minimum absolute atomic E-state index is 0. The Morgan fingerprint density at radius 2 is 2.24 bits per heavy atom. The zero-order valence-corrected chi connectivity index (χ0v) is 14.1. The molecule has 2 heterocycles. The van der Waals surface area contributed by atoms with Gasteiger partial charge < -0.3 is 9.88 Å². The van der Waals surface area contributed by atoms with E-state index in [1.807, 2.05) is 6.20 Å². The van der Waals surface area contributed by atoms with E-state index in [9.17, 15) is 0 Å². The number of rotatable bonds is 3. The number of aryl methyl sites for hydroxylation is 1. The summed E-state index contributed by atoms with van der Waals surface area (Å²) in [4.78, 5) is 7.25. The lowest BCUT2D eigenvalue weighted by molar-refractivity contribution is 0.108. The number of piperazine rings is 1. The van der Waals surface area contributed by atoms with E-state index in [1.54, 1.807) is 0 Å². The third-order valence-electron chi connectivity index (χ3n) is 5.05. The molecule has 0 bridgehead atoms. The van der Waals surface area contributed by atoms with E-state index in [2.05, 4.69) is 39.9 Å². The maximum atomic E-state index is 4.58. The van der Waals surface area contributed by atoms with Crippen molar-refractivity contribution in [1.29, 1.82) is 0 Å². The first kappa shape index (κ1) is 16.8. The van der Waals surface area contributed by atoms with Gasteiger partial charge in [0.1, 0.15) is 5.82 Å². The van der Waals surface area contributed by atoms with Gasteiger partial charge in [0.15, 0.2) is 0 Å². The molecule has 1 saturated carbocycles. The van der Waals surface area contributed by atoms with Crippen molar-refractivity contribution in [1.82, 2.24) is 19.8 Å². The largest absolute Gasteiger partial charge is 0.337 e. The number of halogens is 1. The highest BCUT2D eigenvalue weighted by Gasteiger charge is 2.29. The van der Waals surface area contributed by atoms with Crippen LogP contribution in [0.25, 0.3) is 0 Å². The van der Waals surface area contributed by atoms with Crippen LogP contribution < -0.4 is 5.32 Å². The standard InChI is InChI=1S/C16H28N4.ClH/c1-13-4-3-5-14(10-13)12-20-9-6-17-11-15(20)16-18-7-8-19(16)2;/h7-8,13-15,17H,3-6,9-12H2,1-2H3;1H. The van der Waals surface area contributed by atoms with Crippen LogP contribution in [0.5, 0.6) is 0 Å². The molecule has 1 saturated heterocycles. The van der Waals surface area contributed by atoms with Crippen molar-refractivity contribution in [2.45, 2.75) is 38.6 Å². The molecule has 1 N–H and O–H groups in total. The van der Waals surface area contributed by atoms with Crippen LogP contribution >= 0.6 is 12.4 Å². The highest BCUT2D eigenvalue weighted by Crippen LogP contribution is 2.31. The Labute approximate surface area is 134 Å². The molecule has 3 atom stereocenters. The van der Waals surface area contributed by atoms with Crippen molar-refractivity contribution in [2.24, 2.45) is 18.9 Å². The molecule has 1 aromatic rings. The van der Waals surface area contributed by atoms with Crippen LogP contribution in [-0.4, -0.2) is 40.6 Å². The fourth-order valence-electron chi connectivity index (χ4n) is 3.97. The van der Waals surface area contributed by atoms with E-state index in [1.165, 1.54) is 38.1 Å². The zero-order valence-electron chi connectivity index (χ0n) is 13.3. The Morgan fingerprint density at radius 3 is 2.95 bits per heavy atom. The van der Waals surface area contributed by atoms with E-state index in [-0.39, 0.29) is 12.4 Å². The lowest BCUT2D eigenvalue weighted by atomic mass is 9.82. The van der Waals surface area contributed by atoms with E-state index in [0.717, 1.165) is 31.5 Å². The molecule has 3 unspecified atom stereocenters. The molecular weight excluding hydrogens is 284 g/mol. The average molecular weight is 313 g/mol. The maximum absolute atomic E-state index is 4.58. The van der Waals surface area contributed by atoms with Crippen LogP contribution in [0.4, 0.5) is 0 Å². The fraction of sp³-hybridized carbons (Fsp3) is 0.812. The summed E-state index contributed by atoms with van der Waals surface area (Å²) in [5.41, 5.74) is 0. The van der Waals surface area contributed by atoms with Gasteiger partial charge in [0.25, 0.3) is 0 Å². The molecule has 21 heavy (non-hydrogen) atoms. The Kier molecular flexibility index (Phi) is 6.08. The van der Waals surface area contributed by atoms with Crippen LogP contribution in [0.15, 0.2) is 12.4 Å². The summed E-state index contributed by atoms with van der Waals surface area (Å²) in [7, 11) is 2.11. The average Bonchev–Trinajstić information content (AvgIpc) is 2.86. The molecule has 3 rings (SSSR count). The summed E-state index contributed by atoms with van der Waals surface area (Å²) in [6.45, 7) is 6.97. The quantitative estimate of drug-likeness (QED) is 0.931. The number of aromatic nitrogens is 2. The van der Waals surface area contributed by atoms with Crippen molar-refractivity contribution in [3.63, 3.8) is 0 Å². The SMILES string of the molecule is CC1CCCC(CN2CCNCC2c2nccn2C)C1.Cl. The van der Waals surface area contributed by atoms with Gasteiger partial charge in [-0.1, -0.05) is 19.8 Å². The molecule has 0 aromatic carbocycles. The second-order valence-corrected chi connectivity index (χ2v) is 6.75. The van der Waals surface area contributed by atoms with Crippen LogP contribution in [-0.2, 0) is 7.05 Å². The highest BCUT2D eigenvalue weighted by atomic mass is 35.5. The lowest BCUT2D eigenvalue weighted by Gasteiger charge is -2.39. The minimum atomic E-state index is 0. The van der Waals surface area contributed by atoms with Crippen molar-refractivity contribution in [2.75, 3.05) is 26.2 Å². The van der Waals surface area contributed by atoms with E-state index in [4.69, 9.17) is 0 Å². The predicted molar refractivity (Wildman–Crippen MR) is 88.8 cm³/mol. The molecule has 120 valence electrons. The molecule has 0 radical (unpaired) electrons. The first-order valence-corrected chi connectivity index (χ1v) is 8.16. The molecule has 0 amide bonds. The van der Waals surface area contributed by atoms with Crippen LogP contribution in [0.3, 0.4) is 0 Å². The number of nitrogens with zero attached hydrogens (tertiary/aromatic N) is 3. The summed E-state index contributed by atoms with van der Waals surface area (Å²) in [6, 6.07) is 0.445. The number of hydrogen-bond donors (Lipinski definition) is 1. The summed E-state index contributed by atoms with van der Waals surface area (Å²) in [5.74, 6) is 3.02. The maximum Gasteiger partial charge on any atom is 0.127 e. The Bertz CT molecular complexity index is 434. The van der Waals surface area contributed by atoms with Gasteiger partial charge >= 0.3 is 0 Å². The Balaban J connectivity index is 0.00000161. The topological polar surface area (TPSA) is 33.1 Å². The van der Waals surface area contributed by atoms with E-state index in [0.29, 0.717) is 6.04 Å². The Hall–Kier alpha value is -0.580. The first-order valence-electron chi connectivity index (χ1n) is 8.16. The molecule has 1 aliphatic carbocycles. The summed E-state index contributed by atoms with van der Waals surface area (Å²) < 4.78 is 2.17. The summed E-state index contributed by atoms with van der Waals surface area (Å²) in [6.07, 6.45) is 9.67. The third-order valence-corrected chi connectivity index (χ3v) is 5.05. The molecule has 2 aliphatic rings. The van der Waals surface area contributed by atoms with Crippen LogP contribution in [0.2, 0.25) is 0 Å². The van der Waals surface area contributed by atoms with Gasteiger partial charge in [-0.2, -0.15) is 0 Å². The zero-order chi connectivity index (χ0) is 13.9. The highest BCUT2D eigenvalue weighted by molar-refractivity contribution is 5.85. The second-order valence-electron chi connectivity index (χ2n) is 6.75. The minimum Gasteiger partial charge on any atom is -0.337 e. The molecule has 1 aromatic heterocycles. The number of hydrogen-bond acceptors (Lipinski definition) is 3. The van der Waals surface area contributed by atoms with Gasteiger partial charge in [0, 0.05) is 45.6 Å². The molecule has 2 fully saturated rings. The first-order chi connectivity index (χ1) is 9.74. The van der Waals surface area contributed by atoms with Crippen molar-refractivity contribution in [3.8, 4) is 0 Å². The van der Waals surface area contributed by atoms with E-state index >= 15 is 0 Å². The summed E-state index contributed by atoms with van der Waals surface area (Å²) in [5, 5.41) is 3.53. The lowest BCUT2D eigenvalue weighted by Crippen LogP contribution is -2.48. The van der Waals surface area contributed by atoms with Gasteiger partial charge in [0.05, 0.1) is 6.04 Å². The molecule has 1 aliphatic heterocycles. The van der Waals surface area contributed by atoms with Crippen molar-refractivity contribution in [3.05, 3.63) is 18.2 Å². The van der Waals surface area contributed by atoms with Crippen LogP contribution in [0.1, 0.15) is 44.5 Å². The smallest absolute Gasteiger partial charge is 0.127 e. The number of imidazole rings is 1. The van der Waals surface area contributed by atoms with Gasteiger partial charge in [-0.15, -0.1) is 12.4 Å². The molecule has 0 spiro atoms. The third kappa shape index (κ3) is 3.99. The van der Waals surface area contributed by atoms with Gasteiger partial charge in [-0.05, 0) is 24.7 Å². The summed E-state index contributed by atoms with van der Waals surface area (Å²) >= 11 is 0. The van der Waals surface area contributed by atoms with Gasteiger partial charge in [-0.25, -0.2) is 4.98 Å². The van der Waals surface area contributed by atoms with Crippen LogP contribution in [0, 0.1) is 11.8 Å². The van der Waals surface area contributed by atoms with Gasteiger partial charge in [0.2, 0.25) is 0 Å². The molecular formula is C16H29ClN4. The fourth-order valence-corrected chi connectivity index (χ4v) is 3.97. The second kappa shape index (κ2) is 7.61. The molecule has 5 heteroatoms. The van der Waals surface area contributed by atoms with Crippen molar-refractivity contribution < 1.29 is 0 Å². The van der Waals surface area contributed by atoms with E-state index < -0.39 is 0 Å². The Morgan fingerprint density at radius 1 is 1.38 bits per heavy atom.